The van der Waals surface area contributed by atoms with Crippen molar-refractivity contribution in [2.45, 2.75) is 32.7 Å². The molecule has 0 saturated carbocycles. The molecule has 0 N–H and O–H groups in total. The molecule has 59 valence electrons. The molecule has 1 rings (SSSR count). The van der Waals surface area contributed by atoms with Crippen LogP contribution in [0.2, 0.25) is 6.55 Å². The van der Waals surface area contributed by atoms with Crippen molar-refractivity contribution in [1.29, 1.82) is 0 Å². The Kier molecular flexibility index (Phi) is 3.42. The monoisotopic (exact) mass is 157 g/mol. The van der Waals surface area contributed by atoms with E-state index in [-0.39, 0.29) is 9.52 Å². The second kappa shape index (κ2) is 4.14. The van der Waals surface area contributed by atoms with Crippen molar-refractivity contribution in [3.05, 3.63) is 5.73 Å². The Hall–Kier alpha value is 0.177. The van der Waals surface area contributed by atoms with Gasteiger partial charge in [-0.15, -0.1) is 0 Å². The molecule has 0 aromatic heterocycles. The van der Waals surface area contributed by atoms with Crippen molar-refractivity contribution >= 4 is 9.52 Å². The first kappa shape index (κ1) is 8.28. The maximum absolute atomic E-state index is 5.61. The average molecular weight is 157 g/mol. The fourth-order valence-electron chi connectivity index (χ4n) is 1.63. The van der Waals surface area contributed by atoms with Gasteiger partial charge < -0.3 is 4.74 Å². The Balaban J connectivity index is 2.34. The summed E-state index contributed by atoms with van der Waals surface area (Å²) >= 11 is 0. The van der Waals surface area contributed by atoms with E-state index in [0.717, 1.165) is 12.5 Å². The molecule has 1 saturated heterocycles. The molecule has 0 bridgehead atoms. The van der Waals surface area contributed by atoms with E-state index >= 15 is 0 Å². The zero-order valence-corrected chi connectivity index (χ0v) is 8.44. The summed E-state index contributed by atoms with van der Waals surface area (Å²) in [6.07, 6.45) is 3.94. The van der Waals surface area contributed by atoms with E-state index in [4.69, 9.17) is 4.74 Å². The lowest BCUT2D eigenvalue weighted by Crippen LogP contribution is -2.25. The van der Waals surface area contributed by atoms with Gasteiger partial charge in [0.25, 0.3) is 0 Å². The van der Waals surface area contributed by atoms with Gasteiger partial charge in [-0.1, -0.05) is 19.9 Å². The molecule has 2 heteroatoms. The fourth-order valence-corrected chi connectivity index (χ4v) is 3.05. The Morgan fingerprint density at radius 1 is 1.70 bits per heavy atom. The molecular formula is C8H17OSi. The van der Waals surface area contributed by atoms with Crippen LogP contribution in [0.1, 0.15) is 26.2 Å². The van der Waals surface area contributed by atoms with E-state index in [1.165, 1.54) is 25.0 Å². The van der Waals surface area contributed by atoms with Gasteiger partial charge >= 0.3 is 0 Å². The maximum atomic E-state index is 5.61. The summed E-state index contributed by atoms with van der Waals surface area (Å²) in [5.74, 6) is 0.824. The SMILES string of the molecule is CCC1CCCO[C]1[SiH2]C. The topological polar surface area (TPSA) is 9.23 Å². The normalized spacial score (nSPS) is 30.0. The second-order valence-corrected chi connectivity index (χ2v) is 4.32. The first-order valence-corrected chi connectivity index (χ1v) is 6.49. The molecule has 0 spiro atoms. The summed E-state index contributed by atoms with van der Waals surface area (Å²) in [4.78, 5) is 0. The van der Waals surface area contributed by atoms with Crippen LogP contribution < -0.4 is 0 Å². The zero-order valence-electron chi connectivity index (χ0n) is 7.02. The summed E-state index contributed by atoms with van der Waals surface area (Å²) in [5, 5.41) is 0. The van der Waals surface area contributed by atoms with Crippen LogP contribution in [0.25, 0.3) is 0 Å². The molecule has 1 atom stereocenters. The lowest BCUT2D eigenvalue weighted by atomic mass is 9.99. The van der Waals surface area contributed by atoms with Gasteiger partial charge in [-0.25, -0.2) is 0 Å². The van der Waals surface area contributed by atoms with Crippen LogP contribution in [0.5, 0.6) is 0 Å². The fraction of sp³-hybridized carbons (Fsp3) is 0.875. The largest absolute Gasteiger partial charge is 0.376 e. The third-order valence-electron chi connectivity index (χ3n) is 2.28. The van der Waals surface area contributed by atoms with Crippen LogP contribution >= 0.6 is 0 Å². The maximum Gasteiger partial charge on any atom is 0.0792 e. The van der Waals surface area contributed by atoms with Crippen molar-refractivity contribution in [2.24, 2.45) is 5.92 Å². The van der Waals surface area contributed by atoms with Crippen molar-refractivity contribution in [2.75, 3.05) is 6.61 Å². The van der Waals surface area contributed by atoms with Crippen LogP contribution in [0.3, 0.4) is 0 Å². The second-order valence-electron chi connectivity index (χ2n) is 2.92. The molecule has 0 aromatic carbocycles. The van der Waals surface area contributed by atoms with Gasteiger partial charge in [-0.3, -0.25) is 0 Å². The molecule has 0 aromatic rings. The highest BCUT2D eigenvalue weighted by molar-refractivity contribution is 6.40. The van der Waals surface area contributed by atoms with Crippen LogP contribution in [0.15, 0.2) is 0 Å². The third-order valence-corrected chi connectivity index (χ3v) is 3.76. The molecule has 1 radical (unpaired) electrons. The molecule has 0 aliphatic carbocycles. The summed E-state index contributed by atoms with van der Waals surface area (Å²) in [7, 11) is 0.00423. The lowest BCUT2D eigenvalue weighted by molar-refractivity contribution is 0.0932. The van der Waals surface area contributed by atoms with E-state index in [2.05, 4.69) is 13.5 Å². The molecule has 10 heavy (non-hydrogen) atoms. The van der Waals surface area contributed by atoms with Crippen molar-refractivity contribution in [1.82, 2.24) is 0 Å². The molecule has 1 aliphatic heterocycles. The van der Waals surface area contributed by atoms with E-state index in [1.807, 2.05) is 0 Å². The van der Waals surface area contributed by atoms with Gasteiger partial charge in [0.05, 0.1) is 15.2 Å². The smallest absolute Gasteiger partial charge is 0.0792 e. The van der Waals surface area contributed by atoms with Gasteiger partial charge in [0.15, 0.2) is 0 Å². The number of rotatable bonds is 2. The van der Waals surface area contributed by atoms with Gasteiger partial charge in [0, 0.05) is 6.61 Å². The first-order valence-electron chi connectivity index (χ1n) is 4.37. The third kappa shape index (κ3) is 1.83. The van der Waals surface area contributed by atoms with Crippen molar-refractivity contribution in [3.8, 4) is 0 Å². The van der Waals surface area contributed by atoms with Crippen molar-refractivity contribution < 1.29 is 4.74 Å². The van der Waals surface area contributed by atoms with Crippen LogP contribution in [0.4, 0.5) is 0 Å². The van der Waals surface area contributed by atoms with Gasteiger partial charge in [0.2, 0.25) is 0 Å². The Bertz CT molecular complexity index is 83.3. The predicted octanol–water partition coefficient (Wildman–Crippen LogP) is 1.53. The standard InChI is InChI=1S/C8H17OSi/c1-3-7-5-4-6-9-8(7)10-2/h7H,3-6,10H2,1-2H3. The van der Waals surface area contributed by atoms with Crippen LogP contribution in [-0.4, -0.2) is 16.1 Å². The van der Waals surface area contributed by atoms with Crippen molar-refractivity contribution in [3.63, 3.8) is 0 Å². The highest BCUT2D eigenvalue weighted by Crippen LogP contribution is 2.27. The lowest BCUT2D eigenvalue weighted by Gasteiger charge is -2.29. The molecule has 1 heterocycles. The molecule has 1 nitrogen and oxygen atoms in total. The predicted molar refractivity (Wildman–Crippen MR) is 46.6 cm³/mol. The molecule has 1 unspecified atom stereocenters. The van der Waals surface area contributed by atoms with Gasteiger partial charge in [0.1, 0.15) is 0 Å². The summed E-state index contributed by atoms with van der Waals surface area (Å²) in [6, 6.07) is 0. The average Bonchev–Trinajstić information content (AvgIpc) is 2.04. The summed E-state index contributed by atoms with van der Waals surface area (Å²) < 4.78 is 5.61. The van der Waals surface area contributed by atoms with Crippen LogP contribution in [-0.2, 0) is 4.74 Å². The Labute approximate surface area is 66.0 Å². The van der Waals surface area contributed by atoms with Crippen LogP contribution in [0, 0.1) is 11.6 Å². The highest BCUT2D eigenvalue weighted by Gasteiger charge is 2.23. The minimum Gasteiger partial charge on any atom is -0.376 e. The number of ether oxygens (including phenoxy) is 1. The van der Waals surface area contributed by atoms with Gasteiger partial charge in [-0.2, -0.15) is 0 Å². The minimum atomic E-state index is 0.00423. The van der Waals surface area contributed by atoms with E-state index in [1.54, 1.807) is 0 Å². The molecular weight excluding hydrogens is 140 g/mol. The Morgan fingerprint density at radius 3 is 3.00 bits per heavy atom. The molecule has 1 fully saturated rings. The number of hydrogen-bond acceptors (Lipinski definition) is 1. The first-order chi connectivity index (χ1) is 4.88. The summed E-state index contributed by atoms with van der Waals surface area (Å²) in [6.45, 7) is 5.58. The van der Waals surface area contributed by atoms with E-state index in [9.17, 15) is 0 Å². The quantitative estimate of drug-likeness (QED) is 0.552. The highest BCUT2D eigenvalue weighted by atomic mass is 28.2. The van der Waals surface area contributed by atoms with Gasteiger partial charge in [-0.05, 0) is 18.8 Å². The minimum absolute atomic E-state index is 0.00423. The summed E-state index contributed by atoms with van der Waals surface area (Å²) in [5.41, 5.74) is 1.48. The van der Waals surface area contributed by atoms with E-state index in [0.29, 0.717) is 0 Å². The number of hydrogen-bond donors (Lipinski definition) is 0. The zero-order chi connectivity index (χ0) is 7.40. The molecule has 1 aliphatic rings. The van der Waals surface area contributed by atoms with E-state index < -0.39 is 0 Å². The Morgan fingerprint density at radius 2 is 2.50 bits per heavy atom. The molecule has 0 amide bonds.